The zero-order valence-corrected chi connectivity index (χ0v) is 11.2. The van der Waals surface area contributed by atoms with Crippen LogP contribution in [0, 0.1) is 5.82 Å². The van der Waals surface area contributed by atoms with Crippen molar-refractivity contribution in [2.24, 2.45) is 0 Å². The largest absolute Gasteiger partial charge is 0.288 e. The minimum atomic E-state index is -0.677. The summed E-state index contributed by atoms with van der Waals surface area (Å²) in [6.07, 6.45) is 0. The van der Waals surface area contributed by atoms with Crippen LogP contribution >= 0.6 is 34.8 Å². The first-order chi connectivity index (χ1) is 8.47. The lowest BCUT2D eigenvalue weighted by molar-refractivity contribution is 0.103. The molecule has 0 aliphatic heterocycles. The fourth-order valence-corrected chi connectivity index (χ4v) is 2.20. The first kappa shape index (κ1) is 13.3. The second kappa shape index (κ2) is 5.27. The van der Waals surface area contributed by atoms with Crippen LogP contribution in [0.3, 0.4) is 0 Å². The molecule has 0 aliphatic rings. The molecule has 92 valence electrons. The Labute approximate surface area is 118 Å². The summed E-state index contributed by atoms with van der Waals surface area (Å²) in [5, 5.41) is 0.869. The minimum Gasteiger partial charge on any atom is -0.288 e. The van der Waals surface area contributed by atoms with Gasteiger partial charge < -0.3 is 0 Å². The predicted octanol–water partition coefficient (Wildman–Crippen LogP) is 5.02. The standard InChI is InChI=1S/C13H6Cl3FO/c14-8-1-2-11(12(17)6-8)13(18)7-3-9(15)5-10(16)4-7/h1-6H. The second-order valence-corrected chi connectivity index (χ2v) is 4.92. The molecule has 0 heterocycles. The lowest BCUT2D eigenvalue weighted by Crippen LogP contribution is -2.04. The van der Waals surface area contributed by atoms with Crippen LogP contribution in [0.15, 0.2) is 36.4 Å². The number of hydrogen-bond donors (Lipinski definition) is 0. The van der Waals surface area contributed by atoms with Crippen LogP contribution < -0.4 is 0 Å². The van der Waals surface area contributed by atoms with Crippen LogP contribution in [0.2, 0.25) is 15.1 Å². The lowest BCUT2D eigenvalue weighted by Gasteiger charge is -2.04. The van der Waals surface area contributed by atoms with Crippen LogP contribution in [-0.2, 0) is 0 Å². The first-order valence-electron chi connectivity index (χ1n) is 4.93. The lowest BCUT2D eigenvalue weighted by atomic mass is 10.0. The molecule has 2 aromatic carbocycles. The summed E-state index contributed by atoms with van der Waals surface area (Å²) in [5.41, 5.74) is 0.159. The van der Waals surface area contributed by atoms with E-state index in [9.17, 15) is 9.18 Å². The normalized spacial score (nSPS) is 10.4. The van der Waals surface area contributed by atoms with Crippen molar-refractivity contribution in [1.82, 2.24) is 0 Å². The van der Waals surface area contributed by atoms with E-state index in [0.717, 1.165) is 6.07 Å². The molecule has 0 saturated carbocycles. The molecule has 0 radical (unpaired) electrons. The highest BCUT2D eigenvalue weighted by Gasteiger charge is 2.15. The van der Waals surface area contributed by atoms with Gasteiger partial charge in [0.15, 0.2) is 5.78 Å². The van der Waals surface area contributed by atoms with E-state index in [2.05, 4.69) is 0 Å². The molecular weight excluding hydrogens is 297 g/mol. The van der Waals surface area contributed by atoms with Gasteiger partial charge in [-0.05, 0) is 36.4 Å². The maximum atomic E-state index is 13.6. The number of halogens is 4. The van der Waals surface area contributed by atoms with Crippen LogP contribution in [0.4, 0.5) is 4.39 Å². The quantitative estimate of drug-likeness (QED) is 0.712. The van der Waals surface area contributed by atoms with E-state index in [0.29, 0.717) is 10.0 Å². The maximum Gasteiger partial charge on any atom is 0.196 e. The molecule has 0 N–H and O–H groups in total. The Balaban J connectivity index is 2.47. The molecule has 0 aliphatic carbocycles. The van der Waals surface area contributed by atoms with Crippen molar-refractivity contribution in [2.45, 2.75) is 0 Å². The van der Waals surface area contributed by atoms with Crippen LogP contribution in [0.5, 0.6) is 0 Å². The summed E-state index contributed by atoms with van der Waals surface area (Å²) in [6, 6.07) is 8.23. The van der Waals surface area contributed by atoms with Crippen molar-refractivity contribution < 1.29 is 9.18 Å². The highest BCUT2D eigenvalue weighted by Crippen LogP contribution is 2.23. The molecule has 0 aromatic heterocycles. The monoisotopic (exact) mass is 302 g/mol. The molecule has 0 amide bonds. The molecule has 0 bridgehead atoms. The highest BCUT2D eigenvalue weighted by molar-refractivity contribution is 6.35. The van der Waals surface area contributed by atoms with E-state index < -0.39 is 11.6 Å². The molecule has 5 heteroatoms. The molecule has 2 aromatic rings. The third-order valence-corrected chi connectivity index (χ3v) is 2.97. The van der Waals surface area contributed by atoms with Gasteiger partial charge in [0.25, 0.3) is 0 Å². The van der Waals surface area contributed by atoms with Gasteiger partial charge in [0.05, 0.1) is 5.56 Å². The summed E-state index contributed by atoms with van der Waals surface area (Å²) >= 11 is 17.2. The van der Waals surface area contributed by atoms with Crippen molar-refractivity contribution in [1.29, 1.82) is 0 Å². The van der Waals surface area contributed by atoms with Gasteiger partial charge in [-0.25, -0.2) is 4.39 Å². The van der Waals surface area contributed by atoms with E-state index in [1.165, 1.54) is 30.3 Å². The molecule has 0 spiro atoms. The summed E-state index contributed by atoms with van der Waals surface area (Å²) in [7, 11) is 0. The molecule has 0 fully saturated rings. The second-order valence-electron chi connectivity index (χ2n) is 3.61. The van der Waals surface area contributed by atoms with Crippen LogP contribution in [0.25, 0.3) is 0 Å². The fourth-order valence-electron chi connectivity index (χ4n) is 1.51. The number of carbonyl (C=O) groups excluding carboxylic acids is 1. The van der Waals surface area contributed by atoms with Gasteiger partial charge in [0, 0.05) is 20.6 Å². The van der Waals surface area contributed by atoms with E-state index in [1.807, 2.05) is 0 Å². The van der Waals surface area contributed by atoms with E-state index in [4.69, 9.17) is 34.8 Å². The Hall–Kier alpha value is -1.09. The Bertz CT molecular complexity index is 605. The minimum absolute atomic E-state index is 0.0715. The third kappa shape index (κ3) is 2.83. The molecule has 0 atom stereocenters. The van der Waals surface area contributed by atoms with Crippen molar-refractivity contribution in [3.05, 3.63) is 68.4 Å². The number of carbonyl (C=O) groups is 1. The van der Waals surface area contributed by atoms with E-state index >= 15 is 0 Å². The third-order valence-electron chi connectivity index (χ3n) is 2.30. The van der Waals surface area contributed by atoms with Gasteiger partial charge in [0.1, 0.15) is 5.82 Å². The first-order valence-corrected chi connectivity index (χ1v) is 6.06. The molecule has 0 unspecified atom stereocenters. The molecular formula is C13H6Cl3FO. The van der Waals surface area contributed by atoms with Gasteiger partial charge in [0.2, 0.25) is 0 Å². The van der Waals surface area contributed by atoms with Crippen molar-refractivity contribution >= 4 is 40.6 Å². The van der Waals surface area contributed by atoms with Crippen molar-refractivity contribution in [2.75, 3.05) is 0 Å². The van der Waals surface area contributed by atoms with Gasteiger partial charge in [-0.2, -0.15) is 0 Å². The number of rotatable bonds is 2. The van der Waals surface area contributed by atoms with Crippen LogP contribution in [-0.4, -0.2) is 5.78 Å². The molecule has 2 rings (SSSR count). The average molecular weight is 304 g/mol. The highest BCUT2D eigenvalue weighted by atomic mass is 35.5. The molecule has 0 saturated heterocycles. The van der Waals surface area contributed by atoms with E-state index in [1.54, 1.807) is 0 Å². The number of hydrogen-bond acceptors (Lipinski definition) is 1. The van der Waals surface area contributed by atoms with Crippen LogP contribution in [0.1, 0.15) is 15.9 Å². The Morgan fingerprint density at radius 2 is 1.50 bits per heavy atom. The predicted molar refractivity (Wildman–Crippen MR) is 71.3 cm³/mol. The zero-order chi connectivity index (χ0) is 13.3. The molecule has 18 heavy (non-hydrogen) atoms. The number of ketones is 1. The summed E-state index contributed by atoms with van der Waals surface area (Å²) < 4.78 is 13.6. The van der Waals surface area contributed by atoms with Gasteiger partial charge in [-0.15, -0.1) is 0 Å². The zero-order valence-electron chi connectivity index (χ0n) is 8.88. The SMILES string of the molecule is O=C(c1cc(Cl)cc(Cl)c1)c1ccc(Cl)cc1F. The van der Waals surface area contributed by atoms with Crippen molar-refractivity contribution in [3.63, 3.8) is 0 Å². The van der Waals surface area contributed by atoms with E-state index in [-0.39, 0.29) is 16.1 Å². The molecule has 1 nitrogen and oxygen atoms in total. The number of benzene rings is 2. The Kier molecular flexibility index (Phi) is 3.91. The van der Waals surface area contributed by atoms with Gasteiger partial charge in [-0.3, -0.25) is 4.79 Å². The fraction of sp³-hybridized carbons (Fsp3) is 0. The van der Waals surface area contributed by atoms with Gasteiger partial charge >= 0.3 is 0 Å². The summed E-state index contributed by atoms with van der Waals surface area (Å²) in [5.74, 6) is -1.17. The van der Waals surface area contributed by atoms with Crippen molar-refractivity contribution in [3.8, 4) is 0 Å². The Morgan fingerprint density at radius 1 is 0.889 bits per heavy atom. The maximum absolute atomic E-state index is 13.6. The topological polar surface area (TPSA) is 17.1 Å². The summed E-state index contributed by atoms with van der Waals surface area (Å²) in [4.78, 5) is 12.1. The average Bonchev–Trinajstić information content (AvgIpc) is 2.26. The summed E-state index contributed by atoms with van der Waals surface area (Å²) in [6.45, 7) is 0. The Morgan fingerprint density at radius 3 is 2.06 bits per heavy atom. The van der Waals surface area contributed by atoms with Gasteiger partial charge in [-0.1, -0.05) is 34.8 Å². The smallest absolute Gasteiger partial charge is 0.196 e.